The second kappa shape index (κ2) is 7.48. The molecule has 1 aromatic carbocycles. The van der Waals surface area contributed by atoms with E-state index in [1.165, 1.54) is 10.9 Å². The molecule has 0 saturated carbocycles. The van der Waals surface area contributed by atoms with Crippen LogP contribution in [0.2, 0.25) is 5.02 Å². The van der Waals surface area contributed by atoms with Crippen molar-refractivity contribution in [2.45, 2.75) is 12.8 Å². The second-order valence-electron chi connectivity index (χ2n) is 4.60. The van der Waals surface area contributed by atoms with E-state index in [0.29, 0.717) is 41.6 Å². The van der Waals surface area contributed by atoms with Gasteiger partial charge in [0.2, 0.25) is 5.91 Å². The molecule has 0 unspecified atom stereocenters. The molecule has 2 rings (SSSR count). The summed E-state index contributed by atoms with van der Waals surface area (Å²) in [6.45, 7) is 0.422. The van der Waals surface area contributed by atoms with Gasteiger partial charge in [0.1, 0.15) is 23.2 Å². The SMILES string of the molecule is Cn1ncc(C#N)c1NC(=O)CCCOc1ccc(Cl)cc1. The number of hydrogen-bond donors (Lipinski definition) is 1. The fraction of sp³-hybridized carbons (Fsp3) is 0.267. The lowest BCUT2D eigenvalue weighted by atomic mass is 10.3. The van der Waals surface area contributed by atoms with E-state index in [1.807, 2.05) is 6.07 Å². The average Bonchev–Trinajstić information content (AvgIpc) is 2.86. The van der Waals surface area contributed by atoms with E-state index in [9.17, 15) is 4.79 Å². The Morgan fingerprint density at radius 2 is 2.18 bits per heavy atom. The minimum atomic E-state index is -0.181. The lowest BCUT2D eigenvalue weighted by molar-refractivity contribution is -0.116. The average molecular weight is 319 g/mol. The molecule has 1 heterocycles. The molecular formula is C15H15ClN4O2. The number of aromatic nitrogens is 2. The fourth-order valence-electron chi connectivity index (χ4n) is 1.82. The van der Waals surface area contributed by atoms with E-state index in [-0.39, 0.29) is 5.91 Å². The number of hydrogen-bond acceptors (Lipinski definition) is 4. The molecule has 1 amide bonds. The third kappa shape index (κ3) is 4.24. The van der Waals surface area contributed by atoms with Crippen molar-refractivity contribution in [1.29, 1.82) is 5.26 Å². The molecule has 0 aliphatic rings. The molecule has 0 aliphatic carbocycles. The number of nitrogens with one attached hydrogen (secondary N) is 1. The van der Waals surface area contributed by atoms with E-state index in [0.717, 1.165) is 0 Å². The standard InChI is InChI=1S/C15H15ClN4O2/c1-20-15(11(9-17)10-18-20)19-14(21)3-2-8-22-13-6-4-12(16)5-7-13/h4-7,10H,2-3,8H2,1H3,(H,19,21). The van der Waals surface area contributed by atoms with Gasteiger partial charge in [-0.05, 0) is 30.7 Å². The smallest absolute Gasteiger partial charge is 0.225 e. The number of aryl methyl sites for hydroxylation is 1. The molecule has 0 bridgehead atoms. The predicted molar refractivity (Wildman–Crippen MR) is 82.7 cm³/mol. The molecule has 1 N–H and O–H groups in total. The summed E-state index contributed by atoms with van der Waals surface area (Å²) >= 11 is 5.78. The van der Waals surface area contributed by atoms with Crippen LogP contribution in [0.25, 0.3) is 0 Å². The summed E-state index contributed by atoms with van der Waals surface area (Å²) in [7, 11) is 1.67. The van der Waals surface area contributed by atoms with Crippen LogP contribution >= 0.6 is 11.6 Å². The van der Waals surface area contributed by atoms with Gasteiger partial charge in [-0.15, -0.1) is 0 Å². The molecule has 0 radical (unpaired) electrons. The predicted octanol–water partition coefficient (Wildman–Crippen LogP) is 2.74. The normalized spacial score (nSPS) is 10.0. The zero-order valence-electron chi connectivity index (χ0n) is 12.0. The van der Waals surface area contributed by atoms with E-state index < -0.39 is 0 Å². The van der Waals surface area contributed by atoms with Gasteiger partial charge < -0.3 is 10.1 Å². The van der Waals surface area contributed by atoms with Crippen LogP contribution in [0.5, 0.6) is 5.75 Å². The van der Waals surface area contributed by atoms with Crippen molar-refractivity contribution >= 4 is 23.3 Å². The van der Waals surface area contributed by atoms with Crippen molar-refractivity contribution in [2.24, 2.45) is 7.05 Å². The second-order valence-corrected chi connectivity index (χ2v) is 5.03. The minimum Gasteiger partial charge on any atom is -0.494 e. The highest BCUT2D eigenvalue weighted by Crippen LogP contribution is 2.16. The van der Waals surface area contributed by atoms with Crippen molar-refractivity contribution < 1.29 is 9.53 Å². The van der Waals surface area contributed by atoms with E-state index >= 15 is 0 Å². The van der Waals surface area contributed by atoms with Gasteiger partial charge in [0.15, 0.2) is 0 Å². The molecule has 2 aromatic rings. The Labute approximate surface area is 133 Å². The number of carbonyl (C=O) groups excluding carboxylic acids is 1. The number of halogens is 1. The van der Waals surface area contributed by atoms with Crippen molar-refractivity contribution in [3.8, 4) is 11.8 Å². The summed E-state index contributed by atoms with van der Waals surface area (Å²) in [5.41, 5.74) is 0.341. The minimum absolute atomic E-state index is 0.181. The first-order valence-electron chi connectivity index (χ1n) is 6.70. The van der Waals surface area contributed by atoms with Gasteiger partial charge >= 0.3 is 0 Å². The zero-order chi connectivity index (χ0) is 15.9. The number of carbonyl (C=O) groups is 1. The highest BCUT2D eigenvalue weighted by Gasteiger charge is 2.11. The van der Waals surface area contributed by atoms with Gasteiger partial charge in [0, 0.05) is 18.5 Å². The summed E-state index contributed by atoms with van der Waals surface area (Å²) < 4.78 is 6.97. The van der Waals surface area contributed by atoms with Gasteiger partial charge in [-0.1, -0.05) is 11.6 Å². The van der Waals surface area contributed by atoms with E-state index in [2.05, 4.69) is 10.4 Å². The molecule has 0 spiro atoms. The van der Waals surface area contributed by atoms with Gasteiger partial charge in [0.05, 0.1) is 12.8 Å². The number of nitrogens with zero attached hydrogens (tertiary/aromatic N) is 3. The number of anilines is 1. The van der Waals surface area contributed by atoms with E-state index in [1.54, 1.807) is 31.3 Å². The molecule has 0 saturated heterocycles. The zero-order valence-corrected chi connectivity index (χ0v) is 12.8. The van der Waals surface area contributed by atoms with Crippen LogP contribution in [0.1, 0.15) is 18.4 Å². The number of amides is 1. The maximum atomic E-state index is 11.9. The highest BCUT2D eigenvalue weighted by molar-refractivity contribution is 6.30. The van der Waals surface area contributed by atoms with Crippen LogP contribution in [0.3, 0.4) is 0 Å². The van der Waals surface area contributed by atoms with Crippen molar-refractivity contribution in [2.75, 3.05) is 11.9 Å². The molecule has 6 nitrogen and oxygen atoms in total. The number of ether oxygens (including phenoxy) is 1. The third-order valence-electron chi connectivity index (χ3n) is 2.95. The van der Waals surface area contributed by atoms with Gasteiger partial charge in [-0.3, -0.25) is 9.48 Å². The quantitative estimate of drug-likeness (QED) is 0.830. The molecule has 0 fully saturated rings. The molecule has 22 heavy (non-hydrogen) atoms. The number of rotatable bonds is 6. The topological polar surface area (TPSA) is 79.9 Å². The summed E-state index contributed by atoms with van der Waals surface area (Å²) in [5, 5.41) is 16.2. The van der Waals surface area contributed by atoms with E-state index in [4.69, 9.17) is 21.6 Å². The van der Waals surface area contributed by atoms with Crippen LogP contribution in [-0.2, 0) is 11.8 Å². The summed E-state index contributed by atoms with van der Waals surface area (Å²) in [4.78, 5) is 11.9. The summed E-state index contributed by atoms with van der Waals surface area (Å²) in [5.74, 6) is 0.939. The Morgan fingerprint density at radius 1 is 1.45 bits per heavy atom. The van der Waals surface area contributed by atoms with Gasteiger partial charge in [0.25, 0.3) is 0 Å². The molecule has 0 atom stereocenters. The van der Waals surface area contributed by atoms with Crippen molar-refractivity contribution in [1.82, 2.24) is 9.78 Å². The maximum absolute atomic E-state index is 11.9. The first-order valence-corrected chi connectivity index (χ1v) is 7.08. The van der Waals surface area contributed by atoms with Crippen molar-refractivity contribution in [3.63, 3.8) is 0 Å². The monoisotopic (exact) mass is 318 g/mol. The third-order valence-corrected chi connectivity index (χ3v) is 3.20. The Hall–Kier alpha value is -2.52. The van der Waals surface area contributed by atoms with Crippen molar-refractivity contribution in [3.05, 3.63) is 41.0 Å². The molecular weight excluding hydrogens is 304 g/mol. The fourth-order valence-corrected chi connectivity index (χ4v) is 1.94. The largest absolute Gasteiger partial charge is 0.494 e. The Balaban J connectivity index is 1.75. The van der Waals surface area contributed by atoms with Crippen LogP contribution in [0, 0.1) is 11.3 Å². The lowest BCUT2D eigenvalue weighted by Gasteiger charge is -2.07. The molecule has 0 aliphatic heterocycles. The molecule has 7 heteroatoms. The summed E-state index contributed by atoms with van der Waals surface area (Å²) in [6, 6.07) is 9.02. The van der Waals surface area contributed by atoms with Gasteiger partial charge in [-0.2, -0.15) is 10.4 Å². The van der Waals surface area contributed by atoms with Gasteiger partial charge in [-0.25, -0.2) is 0 Å². The molecule has 1 aromatic heterocycles. The first-order chi connectivity index (χ1) is 10.6. The molecule has 114 valence electrons. The summed E-state index contributed by atoms with van der Waals surface area (Å²) in [6.07, 6.45) is 2.27. The Bertz CT molecular complexity index is 689. The maximum Gasteiger partial charge on any atom is 0.225 e. The van der Waals surface area contributed by atoms with Crippen LogP contribution in [0.4, 0.5) is 5.82 Å². The Morgan fingerprint density at radius 3 is 2.86 bits per heavy atom. The Kier molecular flexibility index (Phi) is 5.39. The van der Waals surface area contributed by atoms with Crippen LogP contribution in [0.15, 0.2) is 30.5 Å². The number of nitriles is 1. The van der Waals surface area contributed by atoms with Crippen LogP contribution in [-0.4, -0.2) is 22.3 Å². The first kappa shape index (κ1) is 15.9. The highest BCUT2D eigenvalue weighted by atomic mass is 35.5. The lowest BCUT2D eigenvalue weighted by Crippen LogP contribution is -2.16. The van der Waals surface area contributed by atoms with Crippen LogP contribution < -0.4 is 10.1 Å². The number of benzene rings is 1.